The normalized spacial score (nSPS) is 16.5. The van der Waals surface area contributed by atoms with Crippen molar-refractivity contribution in [3.63, 3.8) is 0 Å². The second-order valence-corrected chi connectivity index (χ2v) is 7.03. The van der Waals surface area contributed by atoms with Gasteiger partial charge in [0.1, 0.15) is 11.6 Å². The maximum absolute atomic E-state index is 13.4. The maximum atomic E-state index is 13.4. The number of rotatable bonds is 6. The molecule has 1 aliphatic heterocycles. The molecule has 0 aliphatic carbocycles. The van der Waals surface area contributed by atoms with E-state index in [1.54, 1.807) is 14.2 Å². The van der Waals surface area contributed by atoms with Gasteiger partial charge in [0.05, 0.1) is 7.11 Å². The lowest BCUT2D eigenvalue weighted by Crippen LogP contribution is -2.47. The van der Waals surface area contributed by atoms with E-state index in [1.807, 2.05) is 36.4 Å². The number of aliphatic imine (C=N–C) groups is 1. The van der Waals surface area contributed by atoms with Crippen molar-refractivity contribution in [1.29, 1.82) is 0 Å². The molecule has 0 bridgehead atoms. The van der Waals surface area contributed by atoms with Gasteiger partial charge < -0.3 is 20.1 Å². The summed E-state index contributed by atoms with van der Waals surface area (Å²) in [7, 11) is 3.42. The van der Waals surface area contributed by atoms with E-state index in [0.29, 0.717) is 26.3 Å². The molecule has 6 heteroatoms. The zero-order valence-electron chi connectivity index (χ0n) is 16.5. The predicted molar refractivity (Wildman–Crippen MR) is 109 cm³/mol. The van der Waals surface area contributed by atoms with Crippen molar-refractivity contribution in [2.45, 2.75) is 24.8 Å². The Morgan fingerprint density at radius 2 is 1.89 bits per heavy atom. The van der Waals surface area contributed by atoms with E-state index in [9.17, 15) is 4.39 Å². The van der Waals surface area contributed by atoms with E-state index in [-0.39, 0.29) is 11.2 Å². The van der Waals surface area contributed by atoms with E-state index in [4.69, 9.17) is 9.47 Å². The Bertz CT molecular complexity index is 787. The Morgan fingerprint density at radius 3 is 2.57 bits per heavy atom. The van der Waals surface area contributed by atoms with E-state index < -0.39 is 0 Å². The highest BCUT2D eigenvalue weighted by molar-refractivity contribution is 5.79. The fourth-order valence-electron chi connectivity index (χ4n) is 3.57. The van der Waals surface area contributed by atoms with Gasteiger partial charge in [0.25, 0.3) is 0 Å². The molecule has 0 saturated carbocycles. The first kappa shape index (κ1) is 20.1. The van der Waals surface area contributed by atoms with E-state index in [2.05, 4.69) is 15.6 Å². The van der Waals surface area contributed by atoms with Crippen LogP contribution in [0.25, 0.3) is 0 Å². The molecule has 5 nitrogen and oxygen atoms in total. The van der Waals surface area contributed by atoms with Gasteiger partial charge in [0.2, 0.25) is 0 Å². The lowest BCUT2D eigenvalue weighted by molar-refractivity contribution is 0.0513. The highest BCUT2D eigenvalue weighted by Gasteiger charge is 2.34. The molecule has 1 heterocycles. The molecule has 1 aliphatic rings. The van der Waals surface area contributed by atoms with Crippen LogP contribution in [0.4, 0.5) is 4.39 Å². The minimum absolute atomic E-state index is 0.0977. The van der Waals surface area contributed by atoms with Gasteiger partial charge >= 0.3 is 0 Å². The van der Waals surface area contributed by atoms with Crippen LogP contribution in [-0.2, 0) is 16.7 Å². The molecule has 0 aromatic heterocycles. The van der Waals surface area contributed by atoms with Crippen molar-refractivity contribution in [2.75, 3.05) is 33.9 Å². The lowest BCUT2D eigenvalue weighted by atomic mass is 9.74. The van der Waals surface area contributed by atoms with Gasteiger partial charge in [-0.05, 0) is 48.2 Å². The largest absolute Gasteiger partial charge is 0.497 e. The topological polar surface area (TPSA) is 54.9 Å². The Kier molecular flexibility index (Phi) is 6.87. The van der Waals surface area contributed by atoms with Gasteiger partial charge in [-0.1, -0.05) is 24.3 Å². The summed E-state index contributed by atoms with van der Waals surface area (Å²) in [5.74, 6) is 1.35. The van der Waals surface area contributed by atoms with Crippen LogP contribution in [0.1, 0.15) is 24.0 Å². The highest BCUT2D eigenvalue weighted by atomic mass is 19.1. The molecule has 0 atom stereocenters. The van der Waals surface area contributed by atoms with Gasteiger partial charge in [-0.3, -0.25) is 4.99 Å². The Morgan fingerprint density at radius 1 is 1.14 bits per heavy atom. The van der Waals surface area contributed by atoms with E-state index >= 15 is 0 Å². The number of guanidine groups is 1. The molecule has 1 fully saturated rings. The molecule has 150 valence electrons. The standard InChI is InChI=1S/C22H28FN3O2/c1-24-21(25-15-17-4-3-5-20(14-17)27-2)26-16-22(10-12-28-13-11-22)18-6-8-19(23)9-7-18/h3-9,14H,10-13,15-16H2,1-2H3,(H2,24,25,26). The van der Waals surface area contributed by atoms with Crippen molar-refractivity contribution < 1.29 is 13.9 Å². The van der Waals surface area contributed by atoms with Crippen molar-refractivity contribution in [2.24, 2.45) is 4.99 Å². The first-order valence-corrected chi connectivity index (χ1v) is 9.56. The molecule has 3 rings (SSSR count). The summed E-state index contributed by atoms with van der Waals surface area (Å²) in [4.78, 5) is 4.34. The first-order chi connectivity index (χ1) is 13.6. The van der Waals surface area contributed by atoms with Crippen LogP contribution in [0.2, 0.25) is 0 Å². The molecule has 0 unspecified atom stereocenters. The third kappa shape index (κ3) is 5.01. The zero-order chi connectivity index (χ0) is 19.8. The number of nitrogens with zero attached hydrogens (tertiary/aromatic N) is 1. The number of hydrogen-bond acceptors (Lipinski definition) is 3. The smallest absolute Gasteiger partial charge is 0.191 e. The first-order valence-electron chi connectivity index (χ1n) is 9.56. The molecule has 28 heavy (non-hydrogen) atoms. The number of ether oxygens (including phenoxy) is 2. The molecule has 2 N–H and O–H groups in total. The van der Waals surface area contributed by atoms with Gasteiger partial charge in [-0.15, -0.1) is 0 Å². The Balaban J connectivity index is 1.65. The molecular formula is C22H28FN3O2. The van der Waals surface area contributed by atoms with Crippen molar-refractivity contribution in [1.82, 2.24) is 10.6 Å². The summed E-state index contributed by atoms with van der Waals surface area (Å²) >= 11 is 0. The molecule has 0 spiro atoms. The van der Waals surface area contributed by atoms with Crippen LogP contribution in [0.5, 0.6) is 5.75 Å². The molecule has 0 radical (unpaired) electrons. The van der Waals surface area contributed by atoms with Crippen LogP contribution in [-0.4, -0.2) is 39.9 Å². The fraction of sp³-hybridized carbons (Fsp3) is 0.409. The van der Waals surface area contributed by atoms with Crippen molar-refractivity contribution in [3.05, 3.63) is 65.5 Å². The van der Waals surface area contributed by atoms with Crippen LogP contribution in [0.3, 0.4) is 0 Å². The average Bonchev–Trinajstić information content (AvgIpc) is 2.75. The second kappa shape index (κ2) is 9.55. The fourth-order valence-corrected chi connectivity index (χ4v) is 3.57. The van der Waals surface area contributed by atoms with Gasteiger partial charge in [-0.2, -0.15) is 0 Å². The number of hydrogen-bond donors (Lipinski definition) is 2. The molecule has 0 amide bonds. The quantitative estimate of drug-likeness (QED) is 0.592. The lowest BCUT2D eigenvalue weighted by Gasteiger charge is -2.38. The van der Waals surface area contributed by atoms with E-state index in [1.165, 1.54) is 12.1 Å². The third-order valence-corrected chi connectivity index (χ3v) is 5.32. The van der Waals surface area contributed by atoms with Crippen molar-refractivity contribution in [3.8, 4) is 5.75 Å². The summed E-state index contributed by atoms with van der Waals surface area (Å²) in [6.45, 7) is 2.76. The number of halogens is 1. The second-order valence-electron chi connectivity index (χ2n) is 7.03. The van der Waals surface area contributed by atoms with Crippen LogP contribution in [0, 0.1) is 5.82 Å². The summed E-state index contributed by atoms with van der Waals surface area (Å²) in [5, 5.41) is 6.80. The number of methoxy groups -OCH3 is 1. The SMILES string of the molecule is CN=C(NCc1cccc(OC)c1)NCC1(c2ccc(F)cc2)CCOCC1. The zero-order valence-corrected chi connectivity index (χ0v) is 16.5. The number of nitrogens with one attached hydrogen (secondary N) is 2. The minimum Gasteiger partial charge on any atom is -0.497 e. The van der Waals surface area contributed by atoms with Crippen LogP contribution < -0.4 is 15.4 Å². The van der Waals surface area contributed by atoms with Crippen LogP contribution >= 0.6 is 0 Å². The molecule has 2 aromatic rings. The molecular weight excluding hydrogens is 357 g/mol. The monoisotopic (exact) mass is 385 g/mol. The Hall–Kier alpha value is -2.60. The summed E-state index contributed by atoms with van der Waals surface area (Å²) < 4.78 is 24.2. The van der Waals surface area contributed by atoms with E-state index in [0.717, 1.165) is 35.7 Å². The van der Waals surface area contributed by atoms with Gasteiger partial charge in [-0.25, -0.2) is 4.39 Å². The summed E-state index contributed by atoms with van der Waals surface area (Å²) in [5.41, 5.74) is 2.15. The predicted octanol–water partition coefficient (Wildman–Crippen LogP) is 3.25. The maximum Gasteiger partial charge on any atom is 0.191 e. The van der Waals surface area contributed by atoms with Gasteiger partial charge in [0.15, 0.2) is 5.96 Å². The molecule has 1 saturated heterocycles. The third-order valence-electron chi connectivity index (χ3n) is 5.32. The number of benzene rings is 2. The van der Waals surface area contributed by atoms with Crippen LogP contribution in [0.15, 0.2) is 53.5 Å². The van der Waals surface area contributed by atoms with Gasteiger partial charge in [0, 0.05) is 38.8 Å². The Labute approximate surface area is 166 Å². The average molecular weight is 385 g/mol. The molecule has 2 aromatic carbocycles. The summed E-state index contributed by atoms with van der Waals surface area (Å²) in [6.07, 6.45) is 1.77. The highest BCUT2D eigenvalue weighted by Crippen LogP contribution is 2.34. The minimum atomic E-state index is -0.213. The van der Waals surface area contributed by atoms with Crippen molar-refractivity contribution >= 4 is 5.96 Å². The summed E-state index contributed by atoms with van der Waals surface area (Å²) in [6, 6.07) is 14.8.